The summed E-state index contributed by atoms with van der Waals surface area (Å²) >= 11 is 0. The van der Waals surface area contributed by atoms with Crippen molar-refractivity contribution in [2.24, 2.45) is 0 Å². The van der Waals surface area contributed by atoms with Crippen LogP contribution in [0.4, 0.5) is 11.4 Å². The Labute approximate surface area is 114 Å². The average molecular weight is 263 g/mol. The third-order valence-electron chi connectivity index (χ3n) is 3.12. The molecule has 0 fully saturated rings. The molecule has 1 aliphatic heterocycles. The Morgan fingerprint density at radius 3 is 2.25 bits per heavy atom. The van der Waals surface area contributed by atoms with Crippen molar-refractivity contribution >= 4 is 28.8 Å². The number of hydrogen-bond acceptors (Lipinski definition) is 2. The van der Waals surface area contributed by atoms with Gasteiger partial charge in [0.05, 0.1) is 11.3 Å². The van der Waals surface area contributed by atoms with Gasteiger partial charge >= 0.3 is 11.6 Å². The van der Waals surface area contributed by atoms with Crippen molar-refractivity contribution in [2.75, 3.05) is 4.90 Å². The third kappa shape index (κ3) is 1.66. The molecule has 0 saturated carbocycles. The lowest BCUT2D eigenvalue weighted by atomic mass is 9.97. The Balaban J connectivity index is 2.29. The standard InChI is InChI=1S/C15H9N3O2/c16-17-13-14(19)11-8-4-5-9-12(11)18(15(13)20)10-6-2-1-3-7-10/h1-9H. The second-order valence-corrected chi connectivity index (χ2v) is 4.27. The maximum Gasteiger partial charge on any atom is 0.427 e. The summed E-state index contributed by atoms with van der Waals surface area (Å²) in [6.07, 6.45) is 0. The predicted octanol–water partition coefficient (Wildman–Crippen LogP) is 2.22. The SMILES string of the molecule is [N-]=[N+]=C1C(=O)c2ccccc2N(c2ccccc2)C1=O. The normalized spacial score (nSPS) is 14.0. The minimum Gasteiger partial charge on any atom is -0.360 e. The molecule has 0 atom stereocenters. The fraction of sp³-hybridized carbons (Fsp3) is 0. The number of carbonyl (C=O) groups excluding carboxylic acids is 2. The Bertz CT molecular complexity index is 762. The largest absolute Gasteiger partial charge is 0.427 e. The number of rotatable bonds is 1. The summed E-state index contributed by atoms with van der Waals surface area (Å²) in [4.78, 5) is 28.7. The van der Waals surface area contributed by atoms with Crippen LogP contribution in [0.1, 0.15) is 10.4 Å². The van der Waals surface area contributed by atoms with E-state index in [2.05, 4.69) is 4.79 Å². The molecule has 0 radical (unpaired) electrons. The summed E-state index contributed by atoms with van der Waals surface area (Å²) in [7, 11) is 0. The lowest BCUT2D eigenvalue weighted by molar-refractivity contribution is -0.116. The van der Waals surface area contributed by atoms with Crippen molar-refractivity contribution in [3.05, 3.63) is 65.7 Å². The number of anilines is 2. The van der Waals surface area contributed by atoms with Gasteiger partial charge in [0.2, 0.25) is 0 Å². The van der Waals surface area contributed by atoms with Crippen molar-refractivity contribution in [1.29, 1.82) is 0 Å². The summed E-state index contributed by atoms with van der Waals surface area (Å²) < 4.78 is 0. The molecule has 0 saturated heterocycles. The maximum atomic E-state index is 12.3. The number of Topliss-reactive ketones (excluding diaryl/α,β-unsaturated/α-hetero) is 1. The molecular formula is C15H9N3O2. The number of fused-ring (bicyclic) bond motifs is 1. The zero-order valence-electron chi connectivity index (χ0n) is 10.4. The third-order valence-corrected chi connectivity index (χ3v) is 3.12. The molecule has 0 spiro atoms. The van der Waals surface area contributed by atoms with E-state index in [0.717, 1.165) is 0 Å². The molecule has 5 nitrogen and oxygen atoms in total. The van der Waals surface area contributed by atoms with E-state index in [1.807, 2.05) is 6.07 Å². The van der Waals surface area contributed by atoms with Crippen LogP contribution in [0.5, 0.6) is 0 Å². The van der Waals surface area contributed by atoms with E-state index in [1.165, 1.54) is 4.90 Å². The van der Waals surface area contributed by atoms with Crippen LogP contribution in [0.25, 0.3) is 5.53 Å². The molecule has 0 N–H and O–H groups in total. The quantitative estimate of drug-likeness (QED) is 0.584. The van der Waals surface area contributed by atoms with Gasteiger partial charge in [-0.3, -0.25) is 14.5 Å². The van der Waals surface area contributed by atoms with Crippen LogP contribution in [0.15, 0.2) is 54.6 Å². The zero-order valence-corrected chi connectivity index (χ0v) is 10.4. The Morgan fingerprint density at radius 2 is 1.55 bits per heavy atom. The molecule has 20 heavy (non-hydrogen) atoms. The van der Waals surface area contributed by atoms with Crippen LogP contribution >= 0.6 is 0 Å². The fourth-order valence-electron chi connectivity index (χ4n) is 2.22. The molecule has 1 heterocycles. The van der Waals surface area contributed by atoms with Crippen molar-refractivity contribution < 1.29 is 14.4 Å². The second-order valence-electron chi connectivity index (χ2n) is 4.27. The number of para-hydroxylation sites is 2. The van der Waals surface area contributed by atoms with E-state index in [-0.39, 0.29) is 0 Å². The molecule has 5 heteroatoms. The van der Waals surface area contributed by atoms with Crippen LogP contribution in [0.3, 0.4) is 0 Å². The molecule has 2 aromatic carbocycles. The van der Waals surface area contributed by atoms with E-state index in [9.17, 15) is 9.59 Å². The Morgan fingerprint density at radius 1 is 0.900 bits per heavy atom. The van der Waals surface area contributed by atoms with Gasteiger partial charge in [-0.1, -0.05) is 30.3 Å². The van der Waals surface area contributed by atoms with Crippen LogP contribution in [-0.2, 0) is 4.79 Å². The average Bonchev–Trinajstić information content (AvgIpc) is 2.49. The molecular weight excluding hydrogens is 254 g/mol. The van der Waals surface area contributed by atoms with Crippen LogP contribution in [0, 0.1) is 0 Å². The summed E-state index contributed by atoms with van der Waals surface area (Å²) in [6.45, 7) is 0. The first-order chi connectivity index (χ1) is 9.74. The molecule has 96 valence electrons. The zero-order chi connectivity index (χ0) is 14.1. The van der Waals surface area contributed by atoms with Gasteiger partial charge in [-0.05, 0) is 24.3 Å². The second kappa shape index (κ2) is 4.57. The number of ketones is 1. The molecule has 0 aromatic heterocycles. The molecule has 1 aliphatic rings. The van der Waals surface area contributed by atoms with E-state index < -0.39 is 17.4 Å². The highest BCUT2D eigenvalue weighted by Crippen LogP contribution is 2.32. The lowest BCUT2D eigenvalue weighted by Gasteiger charge is -2.25. The summed E-state index contributed by atoms with van der Waals surface area (Å²) in [5.74, 6) is -1.21. The monoisotopic (exact) mass is 263 g/mol. The van der Waals surface area contributed by atoms with Gasteiger partial charge in [-0.2, -0.15) is 4.79 Å². The number of hydrogen-bond donors (Lipinski definition) is 0. The van der Waals surface area contributed by atoms with Gasteiger partial charge in [0.15, 0.2) is 0 Å². The Kier molecular flexibility index (Phi) is 2.75. The number of amides is 1. The van der Waals surface area contributed by atoms with Crippen LogP contribution in [-0.4, -0.2) is 22.2 Å². The molecule has 0 bridgehead atoms. The topological polar surface area (TPSA) is 73.8 Å². The number of carbonyl (C=O) groups is 2. The minimum atomic E-state index is -0.637. The Hall–Kier alpha value is -3.04. The van der Waals surface area contributed by atoms with Crippen LogP contribution < -0.4 is 4.90 Å². The van der Waals surface area contributed by atoms with Crippen molar-refractivity contribution in [3.8, 4) is 0 Å². The molecule has 2 aromatic rings. The van der Waals surface area contributed by atoms with Gasteiger partial charge in [0.1, 0.15) is 0 Å². The highest BCUT2D eigenvalue weighted by molar-refractivity contribution is 6.71. The maximum absolute atomic E-state index is 12.3. The molecule has 1 amide bonds. The van der Waals surface area contributed by atoms with Gasteiger partial charge in [-0.15, -0.1) is 0 Å². The number of nitrogens with zero attached hydrogens (tertiary/aromatic N) is 3. The summed E-state index contributed by atoms with van der Waals surface area (Å²) in [5.41, 5.74) is 9.90. The summed E-state index contributed by atoms with van der Waals surface area (Å²) in [5, 5.41) is 0. The highest BCUT2D eigenvalue weighted by atomic mass is 16.2. The predicted molar refractivity (Wildman–Crippen MR) is 73.0 cm³/mol. The first kappa shape index (κ1) is 12.0. The van der Waals surface area contributed by atoms with Gasteiger partial charge < -0.3 is 5.53 Å². The van der Waals surface area contributed by atoms with Gasteiger partial charge in [0, 0.05) is 5.69 Å². The molecule has 0 unspecified atom stereocenters. The van der Waals surface area contributed by atoms with Crippen molar-refractivity contribution in [3.63, 3.8) is 0 Å². The van der Waals surface area contributed by atoms with Gasteiger partial charge in [0.25, 0.3) is 5.78 Å². The minimum absolute atomic E-state index is 0.337. The first-order valence-electron chi connectivity index (χ1n) is 5.99. The molecule has 0 aliphatic carbocycles. The smallest absolute Gasteiger partial charge is 0.360 e. The fourth-order valence-corrected chi connectivity index (χ4v) is 2.22. The van der Waals surface area contributed by atoms with Crippen LogP contribution in [0.2, 0.25) is 0 Å². The number of benzene rings is 2. The van der Waals surface area contributed by atoms with E-state index in [1.54, 1.807) is 48.5 Å². The van der Waals surface area contributed by atoms with Crippen molar-refractivity contribution in [2.45, 2.75) is 0 Å². The first-order valence-corrected chi connectivity index (χ1v) is 5.99. The van der Waals surface area contributed by atoms with Gasteiger partial charge in [-0.25, -0.2) is 0 Å². The summed E-state index contributed by atoms with van der Waals surface area (Å²) in [6, 6.07) is 15.6. The van der Waals surface area contributed by atoms with E-state index in [4.69, 9.17) is 5.53 Å². The molecule has 3 rings (SSSR count). The van der Waals surface area contributed by atoms with E-state index >= 15 is 0 Å². The lowest BCUT2D eigenvalue weighted by Crippen LogP contribution is -2.43. The highest BCUT2D eigenvalue weighted by Gasteiger charge is 2.43. The van der Waals surface area contributed by atoms with E-state index in [0.29, 0.717) is 16.9 Å². The van der Waals surface area contributed by atoms with Crippen molar-refractivity contribution in [1.82, 2.24) is 0 Å².